The zero-order valence-corrected chi connectivity index (χ0v) is 10.9. The van der Waals surface area contributed by atoms with Crippen molar-refractivity contribution in [3.8, 4) is 0 Å². The van der Waals surface area contributed by atoms with E-state index in [0.29, 0.717) is 17.8 Å². The van der Waals surface area contributed by atoms with Crippen LogP contribution in [0.15, 0.2) is 0 Å². The number of H-pyrrole nitrogens is 1. The SMILES string of the molecule is CCN(C(=O)c1n[nH]c(C2CC2)n1)C1CCCC1. The maximum Gasteiger partial charge on any atom is 0.293 e. The van der Waals surface area contributed by atoms with E-state index in [1.54, 1.807) is 0 Å². The van der Waals surface area contributed by atoms with Gasteiger partial charge in [-0.15, -0.1) is 5.10 Å². The second-order valence-corrected chi connectivity index (χ2v) is 5.35. The number of carbonyl (C=O) groups excluding carboxylic acids is 1. The zero-order chi connectivity index (χ0) is 12.5. The summed E-state index contributed by atoms with van der Waals surface area (Å²) in [6, 6.07) is 0.394. The van der Waals surface area contributed by atoms with Crippen LogP contribution in [0.5, 0.6) is 0 Å². The summed E-state index contributed by atoms with van der Waals surface area (Å²) in [6.45, 7) is 2.78. The Morgan fingerprint density at radius 3 is 2.67 bits per heavy atom. The highest BCUT2D eigenvalue weighted by Gasteiger charge is 2.31. The molecule has 5 heteroatoms. The lowest BCUT2D eigenvalue weighted by molar-refractivity contribution is 0.0681. The fourth-order valence-corrected chi connectivity index (χ4v) is 2.82. The Balaban J connectivity index is 1.73. The monoisotopic (exact) mass is 248 g/mol. The molecule has 2 saturated carbocycles. The minimum atomic E-state index is -0.00690. The highest BCUT2D eigenvalue weighted by Crippen LogP contribution is 2.37. The number of aromatic amines is 1. The van der Waals surface area contributed by atoms with Gasteiger partial charge in [0.05, 0.1) is 0 Å². The molecule has 0 aliphatic heterocycles. The molecule has 0 aromatic carbocycles. The van der Waals surface area contributed by atoms with Crippen molar-refractivity contribution in [2.45, 2.75) is 57.4 Å². The number of rotatable bonds is 4. The first-order valence-electron chi connectivity index (χ1n) is 7.03. The van der Waals surface area contributed by atoms with E-state index in [0.717, 1.165) is 25.2 Å². The highest BCUT2D eigenvalue weighted by molar-refractivity contribution is 5.90. The average Bonchev–Trinajstić information content (AvgIpc) is 2.92. The van der Waals surface area contributed by atoms with Crippen LogP contribution in [0.4, 0.5) is 0 Å². The summed E-state index contributed by atoms with van der Waals surface area (Å²) >= 11 is 0. The predicted molar refractivity (Wildman–Crippen MR) is 67.3 cm³/mol. The van der Waals surface area contributed by atoms with Crippen molar-refractivity contribution in [1.82, 2.24) is 20.1 Å². The highest BCUT2D eigenvalue weighted by atomic mass is 16.2. The fourth-order valence-electron chi connectivity index (χ4n) is 2.82. The topological polar surface area (TPSA) is 61.9 Å². The van der Waals surface area contributed by atoms with Crippen molar-refractivity contribution < 1.29 is 4.79 Å². The minimum Gasteiger partial charge on any atom is -0.333 e. The van der Waals surface area contributed by atoms with Gasteiger partial charge in [0.25, 0.3) is 5.91 Å². The van der Waals surface area contributed by atoms with Crippen molar-refractivity contribution in [2.75, 3.05) is 6.54 Å². The first kappa shape index (κ1) is 11.7. The zero-order valence-electron chi connectivity index (χ0n) is 10.9. The lowest BCUT2D eigenvalue weighted by atomic mass is 10.2. The maximum absolute atomic E-state index is 12.4. The molecule has 3 rings (SSSR count). The molecule has 2 aliphatic rings. The second kappa shape index (κ2) is 4.71. The van der Waals surface area contributed by atoms with Crippen molar-refractivity contribution in [3.05, 3.63) is 11.6 Å². The summed E-state index contributed by atoms with van der Waals surface area (Å²) in [7, 11) is 0. The molecule has 1 amide bonds. The molecule has 0 unspecified atom stereocenters. The summed E-state index contributed by atoms with van der Waals surface area (Å²) < 4.78 is 0. The molecule has 0 bridgehead atoms. The quantitative estimate of drug-likeness (QED) is 0.887. The second-order valence-electron chi connectivity index (χ2n) is 5.35. The van der Waals surface area contributed by atoms with Crippen LogP contribution < -0.4 is 0 Å². The van der Waals surface area contributed by atoms with Gasteiger partial charge in [-0.05, 0) is 32.6 Å². The molecular weight excluding hydrogens is 228 g/mol. The van der Waals surface area contributed by atoms with Gasteiger partial charge < -0.3 is 4.90 Å². The van der Waals surface area contributed by atoms with Gasteiger partial charge in [-0.1, -0.05) is 12.8 Å². The lowest BCUT2D eigenvalue weighted by Gasteiger charge is -2.26. The van der Waals surface area contributed by atoms with Crippen LogP contribution in [0.2, 0.25) is 0 Å². The van der Waals surface area contributed by atoms with Gasteiger partial charge in [0.2, 0.25) is 5.82 Å². The van der Waals surface area contributed by atoms with Crippen LogP contribution in [0.25, 0.3) is 0 Å². The Kier molecular flexibility index (Phi) is 3.06. The maximum atomic E-state index is 12.4. The summed E-state index contributed by atoms with van der Waals surface area (Å²) in [6.07, 6.45) is 7.05. The predicted octanol–water partition coefficient (Wildman–Crippen LogP) is 2.09. The smallest absolute Gasteiger partial charge is 0.293 e. The molecule has 2 fully saturated rings. The number of carbonyl (C=O) groups is 1. The Labute approximate surface area is 107 Å². The molecule has 0 radical (unpaired) electrons. The standard InChI is InChI=1S/C13H20N4O/c1-2-17(10-5-3-4-6-10)13(18)12-14-11(15-16-12)9-7-8-9/h9-10H,2-8H2,1H3,(H,14,15,16). The van der Waals surface area contributed by atoms with Crippen LogP contribution in [0.3, 0.4) is 0 Å². The normalized spacial score (nSPS) is 20.3. The van der Waals surface area contributed by atoms with Gasteiger partial charge in [-0.2, -0.15) is 0 Å². The molecule has 98 valence electrons. The summed E-state index contributed by atoms with van der Waals surface area (Å²) in [5, 5.41) is 7.00. The molecule has 0 atom stereocenters. The number of amides is 1. The van der Waals surface area contributed by atoms with Crippen LogP contribution >= 0.6 is 0 Å². The molecule has 1 N–H and O–H groups in total. The van der Waals surface area contributed by atoms with Crippen LogP contribution in [-0.4, -0.2) is 38.6 Å². The van der Waals surface area contributed by atoms with Crippen molar-refractivity contribution in [2.24, 2.45) is 0 Å². The molecule has 1 aromatic rings. The number of hydrogen-bond acceptors (Lipinski definition) is 3. The first-order chi connectivity index (χ1) is 8.79. The number of hydrogen-bond donors (Lipinski definition) is 1. The van der Waals surface area contributed by atoms with Crippen LogP contribution in [0, 0.1) is 0 Å². The van der Waals surface area contributed by atoms with Crippen LogP contribution in [0.1, 0.15) is 67.8 Å². The molecule has 0 saturated heterocycles. The van der Waals surface area contributed by atoms with Crippen molar-refractivity contribution >= 4 is 5.91 Å². The molecule has 0 spiro atoms. The van der Waals surface area contributed by atoms with E-state index in [-0.39, 0.29) is 5.91 Å². The summed E-state index contributed by atoms with van der Waals surface area (Å²) in [5.41, 5.74) is 0. The fraction of sp³-hybridized carbons (Fsp3) is 0.769. The largest absolute Gasteiger partial charge is 0.333 e. The van der Waals surface area contributed by atoms with Crippen molar-refractivity contribution in [1.29, 1.82) is 0 Å². The van der Waals surface area contributed by atoms with Gasteiger partial charge in [0, 0.05) is 18.5 Å². The van der Waals surface area contributed by atoms with E-state index in [1.165, 1.54) is 25.7 Å². The van der Waals surface area contributed by atoms with Gasteiger partial charge in [-0.3, -0.25) is 9.89 Å². The van der Waals surface area contributed by atoms with Gasteiger partial charge >= 0.3 is 0 Å². The van der Waals surface area contributed by atoms with E-state index in [9.17, 15) is 4.79 Å². The van der Waals surface area contributed by atoms with E-state index in [2.05, 4.69) is 15.2 Å². The van der Waals surface area contributed by atoms with E-state index < -0.39 is 0 Å². The van der Waals surface area contributed by atoms with Gasteiger partial charge in [-0.25, -0.2) is 4.98 Å². The Morgan fingerprint density at radius 2 is 2.06 bits per heavy atom. The Hall–Kier alpha value is -1.39. The molecule has 1 heterocycles. The third-order valence-corrected chi connectivity index (χ3v) is 4.03. The third-order valence-electron chi connectivity index (χ3n) is 4.03. The number of nitrogens with zero attached hydrogens (tertiary/aromatic N) is 3. The van der Waals surface area contributed by atoms with Gasteiger partial charge in [0.1, 0.15) is 5.82 Å². The number of nitrogens with one attached hydrogen (secondary N) is 1. The Morgan fingerprint density at radius 1 is 1.33 bits per heavy atom. The summed E-state index contributed by atoms with van der Waals surface area (Å²) in [4.78, 5) is 18.7. The third kappa shape index (κ3) is 2.13. The number of aromatic nitrogens is 3. The summed E-state index contributed by atoms with van der Waals surface area (Å²) in [5.74, 6) is 1.75. The van der Waals surface area contributed by atoms with Crippen molar-refractivity contribution in [3.63, 3.8) is 0 Å². The van der Waals surface area contributed by atoms with E-state index >= 15 is 0 Å². The molecule has 2 aliphatic carbocycles. The van der Waals surface area contributed by atoms with Gasteiger partial charge in [0.15, 0.2) is 0 Å². The molecule has 18 heavy (non-hydrogen) atoms. The Bertz CT molecular complexity index is 432. The average molecular weight is 248 g/mol. The lowest BCUT2D eigenvalue weighted by Crippen LogP contribution is -2.39. The first-order valence-corrected chi connectivity index (χ1v) is 7.03. The van der Waals surface area contributed by atoms with Crippen LogP contribution in [-0.2, 0) is 0 Å². The van der Waals surface area contributed by atoms with E-state index in [4.69, 9.17) is 0 Å². The molecule has 1 aromatic heterocycles. The molecule has 5 nitrogen and oxygen atoms in total. The molecular formula is C13H20N4O. The van der Waals surface area contributed by atoms with E-state index in [1.807, 2.05) is 11.8 Å². The minimum absolute atomic E-state index is 0.00690.